The minimum atomic E-state index is -0.178. The monoisotopic (exact) mass is 245 g/mol. The number of aromatic nitrogens is 1. The van der Waals surface area contributed by atoms with Gasteiger partial charge in [-0.2, -0.15) is 4.37 Å². The van der Waals surface area contributed by atoms with Crippen molar-refractivity contribution < 1.29 is 9.84 Å². The molecular formula is C10H19N3O2S. The first-order chi connectivity index (χ1) is 7.50. The molecule has 0 aliphatic rings. The molecule has 1 heterocycles. The summed E-state index contributed by atoms with van der Waals surface area (Å²) in [4.78, 5) is 0. The van der Waals surface area contributed by atoms with Crippen LogP contribution in [0.1, 0.15) is 20.8 Å². The van der Waals surface area contributed by atoms with E-state index in [0.717, 1.165) is 5.00 Å². The van der Waals surface area contributed by atoms with E-state index < -0.39 is 0 Å². The number of nitrogens with one attached hydrogen (secondary N) is 1. The fourth-order valence-electron chi connectivity index (χ4n) is 1.07. The fraction of sp³-hybridized carbons (Fsp3) is 0.700. The molecule has 4 N–H and O–H groups in total. The number of nitrogen functional groups attached to an aromatic ring is 1. The van der Waals surface area contributed by atoms with Gasteiger partial charge < -0.3 is 20.9 Å². The Kier molecular flexibility index (Phi) is 4.37. The molecule has 0 amide bonds. The maximum absolute atomic E-state index is 9.14. The predicted octanol–water partition coefficient (Wildman–Crippen LogP) is 1.55. The van der Waals surface area contributed by atoms with Gasteiger partial charge in [0.15, 0.2) is 16.6 Å². The SMILES string of the molecule is CCOc1c(N)nsc1NCC(C)(C)CO. The molecule has 0 bridgehead atoms. The smallest absolute Gasteiger partial charge is 0.197 e. The normalized spacial score (nSPS) is 11.5. The first-order valence-electron chi connectivity index (χ1n) is 5.23. The fourth-order valence-corrected chi connectivity index (χ4v) is 1.72. The largest absolute Gasteiger partial charge is 0.487 e. The average molecular weight is 245 g/mol. The average Bonchev–Trinajstić information content (AvgIpc) is 2.59. The second kappa shape index (κ2) is 5.36. The van der Waals surface area contributed by atoms with Gasteiger partial charge in [-0.1, -0.05) is 13.8 Å². The second-order valence-electron chi connectivity index (χ2n) is 4.33. The number of anilines is 2. The molecule has 0 aromatic carbocycles. The topological polar surface area (TPSA) is 80.4 Å². The zero-order chi connectivity index (χ0) is 12.2. The van der Waals surface area contributed by atoms with Crippen LogP contribution in [0.5, 0.6) is 5.75 Å². The van der Waals surface area contributed by atoms with Crippen molar-refractivity contribution in [2.75, 3.05) is 30.8 Å². The van der Waals surface area contributed by atoms with Crippen LogP contribution in [0.3, 0.4) is 0 Å². The number of rotatable bonds is 6. The quantitative estimate of drug-likeness (QED) is 0.708. The number of nitrogens with two attached hydrogens (primary N) is 1. The van der Waals surface area contributed by atoms with Crippen molar-refractivity contribution in [2.45, 2.75) is 20.8 Å². The molecule has 0 unspecified atom stereocenters. The van der Waals surface area contributed by atoms with Crippen molar-refractivity contribution in [1.29, 1.82) is 0 Å². The lowest BCUT2D eigenvalue weighted by Gasteiger charge is -2.22. The highest BCUT2D eigenvalue weighted by molar-refractivity contribution is 7.11. The van der Waals surface area contributed by atoms with E-state index >= 15 is 0 Å². The molecule has 5 nitrogen and oxygen atoms in total. The first kappa shape index (κ1) is 13.1. The van der Waals surface area contributed by atoms with E-state index in [1.807, 2.05) is 20.8 Å². The first-order valence-corrected chi connectivity index (χ1v) is 6.00. The number of hydrogen-bond donors (Lipinski definition) is 3. The van der Waals surface area contributed by atoms with E-state index in [9.17, 15) is 0 Å². The van der Waals surface area contributed by atoms with Crippen molar-refractivity contribution in [3.8, 4) is 5.75 Å². The summed E-state index contributed by atoms with van der Waals surface area (Å²) in [5.74, 6) is 1.03. The molecular weight excluding hydrogens is 226 g/mol. The predicted molar refractivity (Wildman–Crippen MR) is 67.1 cm³/mol. The molecule has 0 saturated carbocycles. The summed E-state index contributed by atoms with van der Waals surface area (Å²) in [7, 11) is 0. The Morgan fingerprint density at radius 1 is 1.56 bits per heavy atom. The highest BCUT2D eigenvalue weighted by Crippen LogP contribution is 2.35. The van der Waals surface area contributed by atoms with Gasteiger partial charge in [0.05, 0.1) is 6.61 Å². The molecule has 92 valence electrons. The standard InChI is InChI=1S/C10H19N3O2S/c1-4-15-7-8(11)13-16-9(7)12-5-10(2,3)6-14/h12,14H,4-6H2,1-3H3,(H2,11,13). The van der Waals surface area contributed by atoms with Gasteiger partial charge in [-0.05, 0) is 18.5 Å². The minimum absolute atomic E-state index is 0.123. The summed E-state index contributed by atoms with van der Waals surface area (Å²) in [6.45, 7) is 7.18. The molecule has 0 atom stereocenters. The molecule has 1 rings (SSSR count). The summed E-state index contributed by atoms with van der Waals surface area (Å²) in [6.07, 6.45) is 0. The number of hydrogen-bond acceptors (Lipinski definition) is 6. The summed E-state index contributed by atoms with van der Waals surface area (Å²) in [5, 5.41) is 13.2. The zero-order valence-corrected chi connectivity index (χ0v) is 10.7. The Morgan fingerprint density at radius 2 is 2.25 bits per heavy atom. The maximum atomic E-state index is 9.14. The summed E-state index contributed by atoms with van der Waals surface area (Å²) >= 11 is 1.27. The zero-order valence-electron chi connectivity index (χ0n) is 9.91. The summed E-state index contributed by atoms with van der Waals surface area (Å²) in [5.41, 5.74) is 5.51. The Morgan fingerprint density at radius 3 is 2.81 bits per heavy atom. The van der Waals surface area contributed by atoms with E-state index in [4.69, 9.17) is 15.6 Å². The van der Waals surface area contributed by atoms with Crippen LogP contribution >= 0.6 is 11.5 Å². The Labute approximate surface area is 99.8 Å². The Balaban J connectivity index is 2.67. The van der Waals surface area contributed by atoms with Gasteiger partial charge in [-0.25, -0.2) is 0 Å². The number of ether oxygens (including phenoxy) is 1. The molecule has 16 heavy (non-hydrogen) atoms. The van der Waals surface area contributed by atoms with E-state index in [0.29, 0.717) is 24.7 Å². The van der Waals surface area contributed by atoms with E-state index in [1.165, 1.54) is 11.5 Å². The van der Waals surface area contributed by atoms with Crippen molar-refractivity contribution in [3.63, 3.8) is 0 Å². The van der Waals surface area contributed by atoms with Crippen molar-refractivity contribution in [1.82, 2.24) is 4.37 Å². The highest BCUT2D eigenvalue weighted by atomic mass is 32.1. The highest BCUT2D eigenvalue weighted by Gasteiger charge is 2.19. The van der Waals surface area contributed by atoms with Gasteiger partial charge >= 0.3 is 0 Å². The Bertz CT molecular complexity index is 339. The second-order valence-corrected chi connectivity index (χ2v) is 5.11. The molecule has 0 spiro atoms. The maximum Gasteiger partial charge on any atom is 0.197 e. The van der Waals surface area contributed by atoms with E-state index in [1.54, 1.807) is 0 Å². The van der Waals surface area contributed by atoms with Crippen LogP contribution in [0.15, 0.2) is 0 Å². The lowest BCUT2D eigenvalue weighted by molar-refractivity contribution is 0.171. The van der Waals surface area contributed by atoms with Crippen LogP contribution in [0.4, 0.5) is 10.8 Å². The van der Waals surface area contributed by atoms with Gasteiger partial charge in [0.1, 0.15) is 0 Å². The molecule has 0 saturated heterocycles. The van der Waals surface area contributed by atoms with Crippen LogP contribution in [-0.2, 0) is 0 Å². The van der Waals surface area contributed by atoms with Crippen molar-refractivity contribution >= 4 is 22.4 Å². The van der Waals surface area contributed by atoms with Crippen LogP contribution in [-0.4, -0.2) is 29.2 Å². The van der Waals surface area contributed by atoms with Crippen molar-refractivity contribution in [2.24, 2.45) is 5.41 Å². The lowest BCUT2D eigenvalue weighted by Crippen LogP contribution is -2.26. The van der Waals surface area contributed by atoms with Crippen LogP contribution in [0, 0.1) is 5.41 Å². The van der Waals surface area contributed by atoms with Gasteiger partial charge in [-0.15, -0.1) is 0 Å². The van der Waals surface area contributed by atoms with Crippen LogP contribution in [0.25, 0.3) is 0 Å². The molecule has 0 aliphatic heterocycles. The van der Waals surface area contributed by atoms with E-state index in [2.05, 4.69) is 9.69 Å². The minimum Gasteiger partial charge on any atom is -0.487 e. The molecule has 1 aromatic rings. The lowest BCUT2D eigenvalue weighted by atomic mass is 9.95. The molecule has 6 heteroatoms. The molecule has 0 aliphatic carbocycles. The number of aliphatic hydroxyl groups is 1. The third-order valence-corrected chi connectivity index (χ3v) is 2.92. The van der Waals surface area contributed by atoms with Crippen LogP contribution in [0.2, 0.25) is 0 Å². The van der Waals surface area contributed by atoms with Gasteiger partial charge in [0.2, 0.25) is 0 Å². The van der Waals surface area contributed by atoms with Gasteiger partial charge in [0.25, 0.3) is 0 Å². The van der Waals surface area contributed by atoms with Crippen molar-refractivity contribution in [3.05, 3.63) is 0 Å². The molecule has 0 radical (unpaired) electrons. The third-order valence-electron chi connectivity index (χ3n) is 2.12. The number of nitrogens with zero attached hydrogens (tertiary/aromatic N) is 1. The summed E-state index contributed by atoms with van der Waals surface area (Å²) < 4.78 is 9.44. The van der Waals surface area contributed by atoms with Gasteiger partial charge in [-0.3, -0.25) is 0 Å². The van der Waals surface area contributed by atoms with Gasteiger partial charge in [0, 0.05) is 18.6 Å². The molecule has 1 aromatic heterocycles. The number of aliphatic hydroxyl groups excluding tert-OH is 1. The third kappa shape index (κ3) is 3.24. The van der Waals surface area contributed by atoms with E-state index in [-0.39, 0.29) is 12.0 Å². The molecule has 0 fully saturated rings. The van der Waals surface area contributed by atoms with Crippen LogP contribution < -0.4 is 15.8 Å². The Hall–Kier alpha value is -1.01. The summed E-state index contributed by atoms with van der Waals surface area (Å²) in [6, 6.07) is 0.